The van der Waals surface area contributed by atoms with Crippen molar-refractivity contribution in [1.29, 1.82) is 0 Å². The molecular formula is C25H36N2O3S2. The molecule has 0 bridgehead atoms. The minimum absolute atomic E-state index is 0.190. The lowest BCUT2D eigenvalue weighted by Crippen LogP contribution is -2.53. The molecule has 176 valence electrons. The highest BCUT2D eigenvalue weighted by Crippen LogP contribution is 2.45. The van der Waals surface area contributed by atoms with E-state index in [4.69, 9.17) is 0 Å². The van der Waals surface area contributed by atoms with E-state index >= 15 is 0 Å². The highest BCUT2D eigenvalue weighted by molar-refractivity contribution is 7.98. The second-order valence-electron chi connectivity index (χ2n) is 8.62. The Bertz CT molecular complexity index is 1000. The fourth-order valence-corrected chi connectivity index (χ4v) is 7.04. The van der Waals surface area contributed by atoms with Crippen LogP contribution in [0.5, 0.6) is 0 Å². The van der Waals surface area contributed by atoms with E-state index in [9.17, 15) is 13.5 Å². The first-order valence-corrected chi connectivity index (χ1v) is 14.1. The van der Waals surface area contributed by atoms with Gasteiger partial charge in [-0.2, -0.15) is 4.31 Å². The Labute approximate surface area is 197 Å². The Hall–Kier alpha value is -1.54. The van der Waals surface area contributed by atoms with Crippen molar-refractivity contribution in [2.45, 2.75) is 74.3 Å². The highest BCUT2D eigenvalue weighted by Gasteiger charge is 2.46. The van der Waals surface area contributed by atoms with Gasteiger partial charge < -0.3 is 10.0 Å². The van der Waals surface area contributed by atoms with Crippen LogP contribution in [0.2, 0.25) is 0 Å². The van der Waals surface area contributed by atoms with E-state index < -0.39 is 15.6 Å². The van der Waals surface area contributed by atoms with Crippen LogP contribution in [-0.2, 0) is 16.6 Å². The lowest BCUT2D eigenvalue weighted by atomic mass is 9.86. The summed E-state index contributed by atoms with van der Waals surface area (Å²) in [5.41, 5.74) is 1.83. The summed E-state index contributed by atoms with van der Waals surface area (Å²) in [7, 11) is -2.00. The first-order chi connectivity index (χ1) is 15.3. The lowest BCUT2D eigenvalue weighted by molar-refractivity contribution is 0.186. The number of sulfonamides is 1. The van der Waals surface area contributed by atoms with Crippen LogP contribution in [0.4, 0.5) is 11.4 Å². The molecule has 0 spiro atoms. The molecule has 32 heavy (non-hydrogen) atoms. The SMILES string of the molecule is CCCCC1(CCCC)CN(c2ccccc2)c2cc(SC)c(CO)cc2S(=O)(=O)N1C. The molecule has 0 amide bonds. The molecule has 1 heterocycles. The zero-order chi connectivity index (χ0) is 23.4. The molecule has 1 N–H and O–H groups in total. The van der Waals surface area contributed by atoms with Gasteiger partial charge >= 0.3 is 0 Å². The molecule has 0 atom stereocenters. The maximum atomic E-state index is 14.0. The van der Waals surface area contributed by atoms with Gasteiger partial charge in [0.2, 0.25) is 10.0 Å². The van der Waals surface area contributed by atoms with Crippen molar-refractivity contribution in [3.05, 3.63) is 48.0 Å². The number of nitrogens with zero attached hydrogens (tertiary/aromatic N) is 2. The number of fused-ring (bicyclic) bond motifs is 1. The van der Waals surface area contributed by atoms with Crippen LogP contribution in [-0.4, -0.2) is 43.2 Å². The lowest BCUT2D eigenvalue weighted by Gasteiger charge is -2.42. The van der Waals surface area contributed by atoms with Gasteiger partial charge in [0.1, 0.15) is 4.90 Å². The Morgan fingerprint density at radius 1 is 1.06 bits per heavy atom. The summed E-state index contributed by atoms with van der Waals surface area (Å²) >= 11 is 1.53. The van der Waals surface area contributed by atoms with Crippen molar-refractivity contribution in [2.75, 3.05) is 24.7 Å². The van der Waals surface area contributed by atoms with E-state index in [0.717, 1.165) is 49.1 Å². The van der Waals surface area contributed by atoms with E-state index in [-0.39, 0.29) is 11.5 Å². The second-order valence-corrected chi connectivity index (χ2v) is 11.4. The van der Waals surface area contributed by atoms with Crippen molar-refractivity contribution < 1.29 is 13.5 Å². The summed E-state index contributed by atoms with van der Waals surface area (Å²) in [5.74, 6) is 0. The maximum absolute atomic E-state index is 14.0. The molecule has 0 fully saturated rings. The highest BCUT2D eigenvalue weighted by atomic mass is 32.2. The standard InChI is InChI=1S/C25H36N2O3S2/c1-5-7-14-25(15-8-6-2)19-27(21-12-10-9-11-13-21)22-17-23(31-4)20(18-28)16-24(22)32(29,30)26(25)3/h9-13,16-17,28H,5-8,14-15,18-19H2,1-4H3. The number of thioether (sulfide) groups is 1. The molecule has 0 aliphatic carbocycles. The normalized spacial score (nSPS) is 17.7. The fraction of sp³-hybridized carbons (Fsp3) is 0.520. The largest absolute Gasteiger partial charge is 0.392 e. The van der Waals surface area contributed by atoms with Crippen LogP contribution in [0, 0.1) is 0 Å². The maximum Gasteiger partial charge on any atom is 0.245 e. The minimum atomic E-state index is -3.75. The van der Waals surface area contributed by atoms with E-state index in [0.29, 0.717) is 17.8 Å². The summed E-state index contributed by atoms with van der Waals surface area (Å²) in [4.78, 5) is 3.36. The number of likely N-dealkylation sites (N-methyl/N-ethyl adjacent to an activating group) is 1. The summed E-state index contributed by atoms with van der Waals surface area (Å²) < 4.78 is 29.7. The zero-order valence-corrected chi connectivity index (χ0v) is 21.3. The van der Waals surface area contributed by atoms with Crippen LogP contribution in [0.15, 0.2) is 52.3 Å². The number of rotatable bonds is 9. The molecule has 7 heteroatoms. The molecule has 3 rings (SSSR count). The first-order valence-electron chi connectivity index (χ1n) is 11.5. The molecular weight excluding hydrogens is 440 g/mol. The summed E-state index contributed by atoms with van der Waals surface area (Å²) in [6, 6.07) is 13.7. The third kappa shape index (κ3) is 4.72. The molecule has 2 aromatic rings. The van der Waals surface area contributed by atoms with Gasteiger partial charge in [-0.25, -0.2) is 8.42 Å². The molecule has 1 aliphatic heterocycles. The summed E-state index contributed by atoms with van der Waals surface area (Å²) in [6.45, 7) is 4.72. The van der Waals surface area contributed by atoms with Gasteiger partial charge in [0.15, 0.2) is 0 Å². The van der Waals surface area contributed by atoms with E-state index in [1.54, 1.807) is 17.4 Å². The topological polar surface area (TPSA) is 60.9 Å². The number of benzene rings is 2. The van der Waals surface area contributed by atoms with Crippen LogP contribution in [0.25, 0.3) is 0 Å². The third-order valence-electron chi connectivity index (χ3n) is 6.64. The van der Waals surface area contributed by atoms with Crippen LogP contribution >= 0.6 is 11.8 Å². The molecule has 0 aromatic heterocycles. The van der Waals surface area contributed by atoms with E-state index in [1.165, 1.54) is 11.8 Å². The van der Waals surface area contributed by atoms with Gasteiger partial charge in [-0.1, -0.05) is 57.7 Å². The van der Waals surface area contributed by atoms with Gasteiger partial charge in [-0.05, 0) is 48.9 Å². The Morgan fingerprint density at radius 2 is 1.69 bits per heavy atom. The van der Waals surface area contributed by atoms with Crippen molar-refractivity contribution in [3.63, 3.8) is 0 Å². The average molecular weight is 477 g/mol. The van der Waals surface area contributed by atoms with Gasteiger partial charge in [-0.3, -0.25) is 0 Å². The molecule has 0 radical (unpaired) electrons. The predicted octanol–water partition coefficient (Wildman–Crippen LogP) is 5.79. The number of unbranched alkanes of at least 4 members (excludes halogenated alkanes) is 2. The average Bonchev–Trinajstić information content (AvgIpc) is 2.89. The van der Waals surface area contributed by atoms with Crippen molar-refractivity contribution in [3.8, 4) is 0 Å². The minimum Gasteiger partial charge on any atom is -0.392 e. The van der Waals surface area contributed by atoms with Crippen LogP contribution in [0.1, 0.15) is 57.9 Å². The number of hydrogen-bond donors (Lipinski definition) is 1. The number of aliphatic hydroxyl groups excluding tert-OH is 1. The van der Waals surface area contributed by atoms with Crippen molar-refractivity contribution >= 4 is 33.2 Å². The zero-order valence-electron chi connectivity index (χ0n) is 19.7. The van der Waals surface area contributed by atoms with Crippen LogP contribution in [0.3, 0.4) is 0 Å². The summed E-state index contributed by atoms with van der Waals surface area (Å²) in [5, 5.41) is 9.94. The van der Waals surface area contributed by atoms with Crippen molar-refractivity contribution in [2.24, 2.45) is 0 Å². The Kier molecular flexibility index (Phi) is 8.31. The smallest absolute Gasteiger partial charge is 0.245 e. The van der Waals surface area contributed by atoms with E-state index in [1.807, 2.05) is 42.7 Å². The molecule has 1 aliphatic rings. The van der Waals surface area contributed by atoms with Gasteiger partial charge in [-0.15, -0.1) is 11.8 Å². The molecule has 5 nitrogen and oxygen atoms in total. The molecule has 2 aromatic carbocycles. The molecule has 0 saturated carbocycles. The van der Waals surface area contributed by atoms with E-state index in [2.05, 4.69) is 18.7 Å². The predicted molar refractivity (Wildman–Crippen MR) is 134 cm³/mol. The molecule has 0 saturated heterocycles. The quantitative estimate of drug-likeness (QED) is 0.464. The number of aliphatic hydroxyl groups is 1. The number of para-hydroxylation sites is 1. The van der Waals surface area contributed by atoms with Gasteiger partial charge in [0.05, 0.1) is 17.8 Å². The second kappa shape index (κ2) is 10.6. The Morgan fingerprint density at radius 3 is 2.22 bits per heavy atom. The fourth-order valence-electron chi connectivity index (χ4n) is 4.65. The van der Waals surface area contributed by atoms with Crippen LogP contribution < -0.4 is 4.90 Å². The third-order valence-corrected chi connectivity index (χ3v) is 9.45. The summed E-state index contributed by atoms with van der Waals surface area (Å²) in [6.07, 6.45) is 7.58. The first kappa shape index (κ1) is 25.1. The monoisotopic (exact) mass is 476 g/mol. The number of anilines is 2. The molecule has 0 unspecified atom stereocenters. The Balaban J connectivity index is 2.31. The van der Waals surface area contributed by atoms with Gasteiger partial charge in [0, 0.05) is 24.2 Å². The van der Waals surface area contributed by atoms with Gasteiger partial charge in [0.25, 0.3) is 0 Å². The van der Waals surface area contributed by atoms with Crippen molar-refractivity contribution in [1.82, 2.24) is 4.31 Å². The number of hydrogen-bond acceptors (Lipinski definition) is 5.